The Bertz CT molecular complexity index is 636. The first kappa shape index (κ1) is 15.6. The third-order valence-electron chi connectivity index (χ3n) is 4.42. The van der Waals surface area contributed by atoms with Crippen LogP contribution in [0.25, 0.3) is 10.6 Å². The van der Waals surface area contributed by atoms with Crippen LogP contribution >= 0.6 is 11.3 Å². The summed E-state index contributed by atoms with van der Waals surface area (Å²) in [6.07, 6.45) is 1.03. The molecule has 3 rings (SSSR count). The molecule has 1 aliphatic heterocycles. The van der Waals surface area contributed by atoms with Crippen LogP contribution in [0.4, 0.5) is 4.39 Å². The maximum atomic E-state index is 13.0. The molecule has 1 aliphatic rings. The van der Waals surface area contributed by atoms with Crippen LogP contribution in [0.15, 0.2) is 29.6 Å². The highest BCUT2D eigenvalue weighted by Crippen LogP contribution is 2.29. The fourth-order valence-electron chi connectivity index (χ4n) is 2.95. The zero-order valence-corrected chi connectivity index (χ0v) is 13.9. The average molecular weight is 319 g/mol. The van der Waals surface area contributed by atoms with Gasteiger partial charge in [0.25, 0.3) is 0 Å². The third kappa shape index (κ3) is 3.37. The number of aromatic nitrogens is 1. The molecule has 2 heterocycles. The molecule has 5 heteroatoms. The van der Waals surface area contributed by atoms with Crippen LogP contribution in [0.2, 0.25) is 0 Å². The fourth-order valence-corrected chi connectivity index (χ4v) is 3.77. The molecule has 1 unspecified atom stereocenters. The Labute approximate surface area is 135 Å². The number of thiazole rings is 1. The molecule has 0 saturated carbocycles. The standard InChI is InChI=1S/C17H22FN3S/c1-17(2)11-21(8-7-15(17)19)9-14-10-22-16(20-14)12-3-5-13(18)6-4-12/h3-6,10,15H,7-9,11,19H2,1-2H3. The average Bonchev–Trinajstić information content (AvgIpc) is 2.92. The molecule has 0 radical (unpaired) electrons. The first-order valence-corrected chi connectivity index (χ1v) is 8.50. The van der Waals surface area contributed by atoms with Gasteiger partial charge in [-0.3, -0.25) is 4.90 Å². The normalized spacial score (nSPS) is 21.9. The maximum absolute atomic E-state index is 13.0. The maximum Gasteiger partial charge on any atom is 0.123 e. The van der Waals surface area contributed by atoms with Crippen molar-refractivity contribution in [2.45, 2.75) is 32.9 Å². The van der Waals surface area contributed by atoms with Gasteiger partial charge in [0.2, 0.25) is 0 Å². The highest BCUT2D eigenvalue weighted by atomic mass is 32.1. The molecule has 3 nitrogen and oxygen atoms in total. The van der Waals surface area contributed by atoms with Crippen LogP contribution in [0.1, 0.15) is 26.0 Å². The Morgan fingerprint density at radius 3 is 2.77 bits per heavy atom. The summed E-state index contributed by atoms with van der Waals surface area (Å²) in [6, 6.07) is 6.78. The van der Waals surface area contributed by atoms with Crippen LogP contribution in [-0.4, -0.2) is 29.0 Å². The van der Waals surface area contributed by atoms with Gasteiger partial charge in [0, 0.05) is 36.6 Å². The molecule has 0 aliphatic carbocycles. The minimum Gasteiger partial charge on any atom is -0.327 e. The molecular weight excluding hydrogens is 297 g/mol. The van der Waals surface area contributed by atoms with Crippen LogP contribution < -0.4 is 5.73 Å². The lowest BCUT2D eigenvalue weighted by atomic mass is 9.80. The van der Waals surface area contributed by atoms with Gasteiger partial charge in [0.05, 0.1) is 5.69 Å². The second-order valence-corrected chi connectivity index (χ2v) is 7.60. The summed E-state index contributed by atoms with van der Waals surface area (Å²) in [6.45, 7) is 7.34. The van der Waals surface area contributed by atoms with Gasteiger partial charge >= 0.3 is 0 Å². The summed E-state index contributed by atoms with van der Waals surface area (Å²) in [5.41, 5.74) is 8.39. The molecule has 1 aromatic carbocycles. The zero-order valence-electron chi connectivity index (χ0n) is 13.1. The molecule has 0 spiro atoms. The zero-order chi connectivity index (χ0) is 15.7. The number of hydrogen-bond acceptors (Lipinski definition) is 4. The topological polar surface area (TPSA) is 42.2 Å². The second kappa shape index (κ2) is 6.07. The van der Waals surface area contributed by atoms with Crippen LogP contribution in [-0.2, 0) is 6.54 Å². The summed E-state index contributed by atoms with van der Waals surface area (Å²) >= 11 is 1.61. The number of nitrogens with zero attached hydrogens (tertiary/aromatic N) is 2. The Morgan fingerprint density at radius 2 is 2.09 bits per heavy atom. The predicted molar refractivity (Wildman–Crippen MR) is 89.2 cm³/mol. The predicted octanol–water partition coefficient (Wildman–Crippen LogP) is 3.51. The second-order valence-electron chi connectivity index (χ2n) is 6.75. The van der Waals surface area contributed by atoms with E-state index in [0.29, 0.717) is 0 Å². The van der Waals surface area contributed by atoms with Gasteiger partial charge in [-0.05, 0) is 36.1 Å². The minimum atomic E-state index is -0.215. The summed E-state index contributed by atoms with van der Waals surface area (Å²) < 4.78 is 13.0. The van der Waals surface area contributed by atoms with E-state index in [1.54, 1.807) is 23.5 Å². The number of hydrogen-bond donors (Lipinski definition) is 1. The van der Waals surface area contributed by atoms with E-state index in [9.17, 15) is 4.39 Å². The minimum absolute atomic E-state index is 0.147. The van der Waals surface area contributed by atoms with Gasteiger partial charge in [-0.1, -0.05) is 13.8 Å². The smallest absolute Gasteiger partial charge is 0.123 e. The number of halogens is 1. The van der Waals surface area contributed by atoms with Crippen molar-refractivity contribution in [3.63, 3.8) is 0 Å². The Kier molecular flexibility index (Phi) is 4.30. The Hall–Kier alpha value is -1.30. The van der Waals surface area contributed by atoms with Crippen molar-refractivity contribution < 1.29 is 4.39 Å². The molecule has 1 fully saturated rings. The van der Waals surface area contributed by atoms with E-state index in [1.807, 2.05) is 0 Å². The van der Waals surface area contributed by atoms with Crippen LogP contribution in [0.3, 0.4) is 0 Å². The van der Waals surface area contributed by atoms with E-state index < -0.39 is 0 Å². The van der Waals surface area contributed by atoms with E-state index in [4.69, 9.17) is 10.7 Å². The number of piperidine rings is 1. The van der Waals surface area contributed by atoms with Crippen LogP contribution in [0.5, 0.6) is 0 Å². The lowest BCUT2D eigenvalue weighted by Crippen LogP contribution is -2.52. The van der Waals surface area contributed by atoms with Gasteiger partial charge in [-0.25, -0.2) is 9.37 Å². The molecule has 1 saturated heterocycles. The van der Waals surface area contributed by atoms with E-state index in [2.05, 4.69) is 24.1 Å². The van der Waals surface area contributed by atoms with Crippen molar-refractivity contribution in [1.82, 2.24) is 9.88 Å². The van der Waals surface area contributed by atoms with Crippen LogP contribution in [0, 0.1) is 11.2 Å². The van der Waals surface area contributed by atoms with E-state index in [-0.39, 0.29) is 17.3 Å². The SMILES string of the molecule is CC1(C)CN(Cc2csc(-c3ccc(F)cc3)n2)CCC1N. The van der Waals surface area contributed by atoms with Gasteiger partial charge < -0.3 is 5.73 Å². The number of likely N-dealkylation sites (tertiary alicyclic amines) is 1. The van der Waals surface area contributed by atoms with Crippen molar-refractivity contribution >= 4 is 11.3 Å². The van der Waals surface area contributed by atoms with Crippen molar-refractivity contribution in [1.29, 1.82) is 0 Å². The summed E-state index contributed by atoms with van der Waals surface area (Å²) in [7, 11) is 0. The van der Waals surface area contributed by atoms with Gasteiger partial charge in [-0.15, -0.1) is 11.3 Å². The first-order chi connectivity index (χ1) is 10.4. The number of rotatable bonds is 3. The van der Waals surface area contributed by atoms with Crippen molar-refractivity contribution in [3.8, 4) is 10.6 Å². The largest absolute Gasteiger partial charge is 0.327 e. The van der Waals surface area contributed by atoms with Gasteiger partial charge in [-0.2, -0.15) is 0 Å². The quantitative estimate of drug-likeness (QED) is 0.941. The highest BCUT2D eigenvalue weighted by molar-refractivity contribution is 7.13. The van der Waals surface area contributed by atoms with E-state index in [1.165, 1.54) is 12.1 Å². The fraction of sp³-hybridized carbons (Fsp3) is 0.471. The molecule has 2 aromatic rings. The number of benzene rings is 1. The van der Waals surface area contributed by atoms with Gasteiger partial charge in [0.1, 0.15) is 10.8 Å². The first-order valence-electron chi connectivity index (χ1n) is 7.62. The van der Waals surface area contributed by atoms with E-state index in [0.717, 1.165) is 42.3 Å². The molecular formula is C17H22FN3S. The Morgan fingerprint density at radius 1 is 1.36 bits per heavy atom. The van der Waals surface area contributed by atoms with Gasteiger partial charge in [0.15, 0.2) is 0 Å². The Balaban J connectivity index is 1.68. The molecule has 1 atom stereocenters. The molecule has 0 amide bonds. The molecule has 118 valence electrons. The van der Waals surface area contributed by atoms with Crippen molar-refractivity contribution in [3.05, 3.63) is 41.2 Å². The lowest BCUT2D eigenvalue weighted by molar-refractivity contribution is 0.0891. The summed E-state index contributed by atoms with van der Waals surface area (Å²) in [5.74, 6) is -0.215. The highest BCUT2D eigenvalue weighted by Gasteiger charge is 2.33. The molecule has 1 aromatic heterocycles. The monoisotopic (exact) mass is 319 g/mol. The molecule has 0 bridgehead atoms. The van der Waals surface area contributed by atoms with E-state index >= 15 is 0 Å². The molecule has 22 heavy (non-hydrogen) atoms. The summed E-state index contributed by atoms with van der Waals surface area (Å²) in [5, 5.41) is 3.04. The lowest BCUT2D eigenvalue weighted by Gasteiger charge is -2.42. The van der Waals surface area contributed by atoms with Crippen molar-refractivity contribution in [2.75, 3.05) is 13.1 Å². The molecule has 2 N–H and O–H groups in total. The van der Waals surface area contributed by atoms with Crippen molar-refractivity contribution in [2.24, 2.45) is 11.1 Å². The third-order valence-corrected chi connectivity index (χ3v) is 5.36. The number of nitrogens with two attached hydrogens (primary N) is 1. The summed E-state index contributed by atoms with van der Waals surface area (Å²) in [4.78, 5) is 7.12.